The molecule has 4 amide bonds. The van der Waals surface area contributed by atoms with E-state index in [-0.39, 0.29) is 31.1 Å². The highest BCUT2D eigenvalue weighted by molar-refractivity contribution is 8.03. The van der Waals surface area contributed by atoms with Crippen molar-refractivity contribution in [1.29, 1.82) is 0 Å². The van der Waals surface area contributed by atoms with Crippen LogP contribution in [0.15, 0.2) is 121 Å². The first kappa shape index (κ1) is 37.9. The molecule has 278 valence electrons. The maximum Gasteiger partial charge on any atom is 0.326 e. The molecule has 0 fully saturated rings. The van der Waals surface area contributed by atoms with Crippen molar-refractivity contribution in [3.8, 4) is 16.9 Å². The van der Waals surface area contributed by atoms with Gasteiger partial charge in [-0.2, -0.15) is 0 Å². The van der Waals surface area contributed by atoms with Gasteiger partial charge in [0.2, 0.25) is 17.7 Å². The van der Waals surface area contributed by atoms with Gasteiger partial charge < -0.3 is 31.1 Å². The highest BCUT2D eigenvalue weighted by Crippen LogP contribution is 2.28. The molecule has 4 aromatic rings. The standard InChI is InChI=1S/C42H42N4O7S/c47-38-26-53-32-19-15-29(16-20-32)24-37(42(51)52)46-40(49)34(22-27-8-3-1-4-9-27)44-39(48)35(45-41(50)36(43-38)25-33-12-7-21-54-33)23-28-13-17-31(18-14-28)30-10-5-2-6-11-30/h1-11,13-21,33-37H,12,22-26H2,(H,43,47)(H,44,48)(H,45,50)(H,46,49)(H,51,52)/t33?,34-,35+,36-,37+/m1/s1. The maximum absolute atomic E-state index is 14.3. The van der Waals surface area contributed by atoms with Crippen molar-refractivity contribution in [3.05, 3.63) is 137 Å². The molecule has 2 bridgehead atoms. The fourth-order valence-electron chi connectivity index (χ4n) is 6.40. The summed E-state index contributed by atoms with van der Waals surface area (Å²) in [5, 5.41) is 23.2. The molecule has 1 unspecified atom stereocenters. The van der Waals surface area contributed by atoms with Crippen molar-refractivity contribution < 1.29 is 33.8 Å². The quantitative estimate of drug-likeness (QED) is 0.168. The molecule has 54 heavy (non-hydrogen) atoms. The molecule has 3 heterocycles. The van der Waals surface area contributed by atoms with Gasteiger partial charge in [0.25, 0.3) is 5.91 Å². The Bertz CT molecular complexity index is 1950. The molecule has 0 saturated heterocycles. The van der Waals surface area contributed by atoms with E-state index in [1.165, 1.54) is 0 Å². The van der Waals surface area contributed by atoms with E-state index in [1.54, 1.807) is 48.2 Å². The lowest BCUT2D eigenvalue weighted by atomic mass is 9.99. The van der Waals surface area contributed by atoms with Gasteiger partial charge in [0.1, 0.15) is 29.9 Å². The number of carbonyl (C=O) groups is 5. The Labute approximate surface area is 318 Å². The van der Waals surface area contributed by atoms with Gasteiger partial charge in [0, 0.05) is 24.5 Å². The molecule has 11 nitrogen and oxygen atoms in total. The molecule has 3 aliphatic rings. The molecule has 7 rings (SSSR count). The van der Waals surface area contributed by atoms with Crippen molar-refractivity contribution in [2.45, 2.75) is 61.5 Å². The Morgan fingerprint density at radius 3 is 1.85 bits per heavy atom. The van der Waals surface area contributed by atoms with Crippen LogP contribution in [0.3, 0.4) is 0 Å². The van der Waals surface area contributed by atoms with E-state index in [1.807, 2.05) is 84.3 Å². The van der Waals surface area contributed by atoms with Crippen LogP contribution >= 0.6 is 11.8 Å². The van der Waals surface area contributed by atoms with Crippen LogP contribution in [0, 0.1) is 0 Å². The minimum absolute atomic E-state index is 0.0371. The van der Waals surface area contributed by atoms with Crippen LogP contribution in [-0.2, 0) is 43.2 Å². The van der Waals surface area contributed by atoms with Gasteiger partial charge in [-0.25, -0.2) is 4.79 Å². The van der Waals surface area contributed by atoms with Crippen molar-refractivity contribution in [2.24, 2.45) is 0 Å². The third kappa shape index (κ3) is 10.6. The molecule has 0 spiro atoms. The summed E-state index contributed by atoms with van der Waals surface area (Å²) in [7, 11) is 0. The Hall–Kier alpha value is -5.88. The molecule has 3 aliphatic heterocycles. The van der Waals surface area contributed by atoms with Gasteiger partial charge in [-0.15, -0.1) is 11.8 Å². The second-order valence-corrected chi connectivity index (χ2v) is 14.5. The molecule has 0 radical (unpaired) electrons. The molecular formula is C42H42N4O7S. The van der Waals surface area contributed by atoms with E-state index < -0.39 is 53.8 Å². The summed E-state index contributed by atoms with van der Waals surface area (Å²) >= 11 is 1.57. The number of aliphatic carboxylic acids is 1. The van der Waals surface area contributed by atoms with Crippen LogP contribution in [0.25, 0.3) is 11.1 Å². The monoisotopic (exact) mass is 746 g/mol. The number of carbonyl (C=O) groups excluding carboxylic acids is 4. The number of carboxylic acids is 1. The van der Waals surface area contributed by atoms with Crippen molar-refractivity contribution >= 4 is 41.4 Å². The number of allylic oxidation sites excluding steroid dienone is 1. The number of hydrogen-bond acceptors (Lipinski definition) is 7. The fourth-order valence-corrected chi connectivity index (χ4v) is 7.37. The Morgan fingerprint density at radius 2 is 1.24 bits per heavy atom. The first-order valence-corrected chi connectivity index (χ1v) is 18.8. The number of hydrogen-bond donors (Lipinski definition) is 5. The van der Waals surface area contributed by atoms with Crippen LogP contribution in [0.5, 0.6) is 5.75 Å². The first-order chi connectivity index (χ1) is 26.2. The Kier molecular flexibility index (Phi) is 12.8. The zero-order chi connectivity index (χ0) is 37.9. The van der Waals surface area contributed by atoms with Crippen molar-refractivity contribution in [3.63, 3.8) is 0 Å². The summed E-state index contributed by atoms with van der Waals surface area (Å²) in [5.41, 5.74) is 4.09. The second-order valence-electron chi connectivity index (χ2n) is 13.3. The summed E-state index contributed by atoms with van der Waals surface area (Å²) in [6, 6.07) is 28.4. The van der Waals surface area contributed by atoms with Gasteiger partial charge in [-0.05, 0) is 58.2 Å². The smallest absolute Gasteiger partial charge is 0.326 e. The average molecular weight is 747 g/mol. The lowest BCUT2D eigenvalue weighted by Crippen LogP contribution is -2.59. The van der Waals surface area contributed by atoms with Crippen LogP contribution in [-0.4, -0.2) is 70.7 Å². The molecule has 12 heteroatoms. The van der Waals surface area contributed by atoms with Crippen LogP contribution < -0.4 is 26.0 Å². The molecule has 0 aliphatic carbocycles. The van der Waals surface area contributed by atoms with Crippen LogP contribution in [0.4, 0.5) is 0 Å². The molecular weight excluding hydrogens is 705 g/mol. The van der Waals surface area contributed by atoms with Gasteiger partial charge in [0.15, 0.2) is 6.61 Å². The summed E-state index contributed by atoms with van der Waals surface area (Å²) in [6.45, 7) is -0.369. The number of ether oxygens (including phenoxy) is 1. The molecule has 0 saturated carbocycles. The highest BCUT2D eigenvalue weighted by atomic mass is 32.2. The second kappa shape index (κ2) is 18.2. The van der Waals surface area contributed by atoms with Crippen molar-refractivity contribution in [2.75, 3.05) is 6.61 Å². The SMILES string of the molecule is O=C1COc2ccc(cc2)C[C@@H](C(=O)O)NC(=O)[C@@H](Cc2ccccc2)NC(=O)[C@H](Cc2ccc(-c3ccccc3)cc2)NC(=O)[C@@H](CC2CC=CS2)N1. The van der Waals surface area contributed by atoms with Gasteiger partial charge in [-0.1, -0.05) is 103 Å². The van der Waals surface area contributed by atoms with E-state index in [9.17, 15) is 29.1 Å². The van der Waals surface area contributed by atoms with E-state index in [0.29, 0.717) is 17.7 Å². The van der Waals surface area contributed by atoms with E-state index >= 15 is 0 Å². The zero-order valence-electron chi connectivity index (χ0n) is 29.5. The van der Waals surface area contributed by atoms with E-state index in [2.05, 4.69) is 21.3 Å². The summed E-state index contributed by atoms with van der Waals surface area (Å²) in [6.07, 6.45) is 3.13. The van der Waals surface area contributed by atoms with Crippen LogP contribution in [0.1, 0.15) is 29.5 Å². The first-order valence-electron chi connectivity index (χ1n) is 17.8. The minimum atomic E-state index is -1.31. The van der Waals surface area contributed by atoms with Gasteiger partial charge in [0.05, 0.1) is 0 Å². The minimum Gasteiger partial charge on any atom is -0.484 e. The number of thioether (sulfide) groups is 1. The fraction of sp³-hybridized carbons (Fsp3) is 0.262. The summed E-state index contributed by atoms with van der Waals surface area (Å²) in [4.78, 5) is 67.9. The molecule has 4 aromatic carbocycles. The van der Waals surface area contributed by atoms with Crippen molar-refractivity contribution in [1.82, 2.24) is 21.3 Å². The number of amides is 4. The number of rotatable bonds is 8. The van der Waals surface area contributed by atoms with E-state index in [0.717, 1.165) is 28.7 Å². The maximum atomic E-state index is 14.3. The third-order valence-electron chi connectivity index (χ3n) is 9.31. The number of benzene rings is 4. The topological polar surface area (TPSA) is 163 Å². The normalized spacial score (nSPS) is 22.4. The largest absolute Gasteiger partial charge is 0.484 e. The van der Waals surface area contributed by atoms with Gasteiger partial charge in [-0.3, -0.25) is 19.2 Å². The zero-order valence-corrected chi connectivity index (χ0v) is 30.3. The lowest BCUT2D eigenvalue weighted by molar-refractivity contribution is -0.142. The van der Waals surface area contributed by atoms with Crippen LogP contribution in [0.2, 0.25) is 0 Å². The van der Waals surface area contributed by atoms with E-state index in [4.69, 9.17) is 4.74 Å². The van der Waals surface area contributed by atoms with Gasteiger partial charge >= 0.3 is 5.97 Å². The Balaban J connectivity index is 1.33. The number of fused-ring (bicyclic) bond motifs is 16. The number of nitrogens with one attached hydrogen (secondary N) is 4. The third-order valence-corrected chi connectivity index (χ3v) is 10.4. The lowest BCUT2D eigenvalue weighted by Gasteiger charge is -2.27. The predicted octanol–water partition coefficient (Wildman–Crippen LogP) is 4.21. The average Bonchev–Trinajstić information content (AvgIpc) is 3.70. The number of carboxylic acid groups (broad SMARTS) is 1. The molecule has 5 N–H and O–H groups in total. The molecule has 5 atom stereocenters. The summed E-state index contributed by atoms with van der Waals surface area (Å²) in [5.74, 6) is -3.29. The predicted molar refractivity (Wildman–Crippen MR) is 206 cm³/mol. The Morgan fingerprint density at radius 1 is 0.667 bits per heavy atom. The highest BCUT2D eigenvalue weighted by Gasteiger charge is 2.33. The molecule has 0 aromatic heterocycles. The summed E-state index contributed by atoms with van der Waals surface area (Å²) < 4.78 is 5.70.